The van der Waals surface area contributed by atoms with Gasteiger partial charge in [0, 0.05) is 11.5 Å². The lowest BCUT2D eigenvalue weighted by Gasteiger charge is -2.66. The van der Waals surface area contributed by atoms with E-state index in [0.717, 1.165) is 31.5 Å². The topological polar surface area (TPSA) is 59.1 Å². The molecule has 3 heterocycles. The second-order valence-corrected chi connectivity index (χ2v) is 11.4. The SMILES string of the molecule is COC(=O)[C@@H]1C[C@H]2CC[C@@H]1[C@H]1[C@@H]2[C@H]2CCCN3CC[C@@]4(c5ccccc5N(C(=O)OC)[C@@H]14)[C@H]23. The first-order chi connectivity index (χ1) is 16.1. The molecule has 33 heavy (non-hydrogen) atoms. The molecule has 9 atom stereocenters. The van der Waals surface area contributed by atoms with Gasteiger partial charge in [-0.1, -0.05) is 18.2 Å². The number of esters is 1. The van der Waals surface area contributed by atoms with Gasteiger partial charge in [-0.3, -0.25) is 14.6 Å². The van der Waals surface area contributed by atoms with E-state index in [-0.39, 0.29) is 35.4 Å². The van der Waals surface area contributed by atoms with E-state index in [9.17, 15) is 9.59 Å². The van der Waals surface area contributed by atoms with Crippen molar-refractivity contribution >= 4 is 17.7 Å². The van der Waals surface area contributed by atoms with Crippen LogP contribution in [0, 0.1) is 35.5 Å². The van der Waals surface area contributed by atoms with Gasteiger partial charge in [-0.25, -0.2) is 4.79 Å². The van der Waals surface area contributed by atoms with E-state index in [4.69, 9.17) is 9.47 Å². The molecule has 1 amide bonds. The molecule has 4 saturated carbocycles. The number of methoxy groups -OCH3 is 2. The highest BCUT2D eigenvalue weighted by Crippen LogP contribution is 2.70. The minimum Gasteiger partial charge on any atom is -0.469 e. The quantitative estimate of drug-likeness (QED) is 0.609. The number of nitrogens with zero attached hydrogens (tertiary/aromatic N) is 2. The summed E-state index contributed by atoms with van der Waals surface area (Å²) in [7, 11) is 3.04. The highest BCUT2D eigenvalue weighted by Gasteiger charge is 2.73. The maximum atomic E-state index is 13.4. The Hall–Kier alpha value is -2.08. The molecule has 0 aromatic heterocycles. The number of piperidine rings is 1. The van der Waals surface area contributed by atoms with Gasteiger partial charge in [0.2, 0.25) is 0 Å². The molecule has 1 aromatic carbocycles. The zero-order chi connectivity index (χ0) is 22.5. The average Bonchev–Trinajstić information content (AvgIpc) is 3.41. The summed E-state index contributed by atoms with van der Waals surface area (Å²) in [5.41, 5.74) is 2.32. The van der Waals surface area contributed by atoms with Crippen molar-refractivity contribution in [3.63, 3.8) is 0 Å². The zero-order valence-electron chi connectivity index (χ0n) is 19.6. The lowest BCUT2D eigenvalue weighted by Crippen LogP contribution is -2.71. The summed E-state index contributed by atoms with van der Waals surface area (Å²) in [6.07, 6.45) is 6.65. The van der Waals surface area contributed by atoms with E-state index in [0.29, 0.717) is 29.7 Å². The Morgan fingerprint density at radius 3 is 2.64 bits per heavy atom. The third-order valence-corrected chi connectivity index (χ3v) is 10.8. The molecule has 0 unspecified atom stereocenters. The highest BCUT2D eigenvalue weighted by atomic mass is 16.5. The Morgan fingerprint density at radius 2 is 1.82 bits per heavy atom. The first-order valence-electron chi connectivity index (χ1n) is 12.9. The van der Waals surface area contributed by atoms with E-state index < -0.39 is 0 Å². The molecule has 8 rings (SSSR count). The molecule has 6 fully saturated rings. The van der Waals surface area contributed by atoms with Gasteiger partial charge in [0.25, 0.3) is 0 Å². The monoisotopic (exact) mass is 450 g/mol. The minimum atomic E-state index is -0.244. The molecule has 7 aliphatic rings. The predicted octanol–water partition coefficient (Wildman–Crippen LogP) is 3.83. The summed E-state index contributed by atoms with van der Waals surface area (Å²) < 4.78 is 10.7. The number of benzene rings is 1. The Balaban J connectivity index is 1.46. The number of carbonyl (C=O) groups is 2. The molecule has 4 aliphatic carbocycles. The summed E-state index contributed by atoms with van der Waals surface area (Å²) in [5.74, 6) is 2.31. The van der Waals surface area contributed by atoms with E-state index in [1.807, 2.05) is 4.90 Å². The fraction of sp³-hybridized carbons (Fsp3) is 0.704. The highest BCUT2D eigenvalue weighted by molar-refractivity contribution is 5.93. The number of carbonyl (C=O) groups excluding carboxylic acids is 2. The van der Waals surface area contributed by atoms with Crippen LogP contribution in [0.4, 0.5) is 10.5 Å². The molecule has 2 saturated heterocycles. The molecular formula is C27H34N2O4. The Bertz CT molecular complexity index is 1010. The molecule has 6 nitrogen and oxygen atoms in total. The third-order valence-electron chi connectivity index (χ3n) is 10.8. The fourth-order valence-electron chi connectivity index (χ4n) is 10.1. The number of anilines is 1. The summed E-state index contributed by atoms with van der Waals surface area (Å²) in [6, 6.07) is 9.15. The minimum absolute atomic E-state index is 0.0343. The van der Waals surface area contributed by atoms with Crippen molar-refractivity contribution in [2.75, 3.05) is 32.2 Å². The van der Waals surface area contributed by atoms with Crippen LogP contribution in [0.2, 0.25) is 0 Å². The van der Waals surface area contributed by atoms with E-state index in [2.05, 4.69) is 29.2 Å². The van der Waals surface area contributed by atoms with Gasteiger partial charge in [-0.2, -0.15) is 0 Å². The lowest BCUT2D eigenvalue weighted by molar-refractivity contribution is -0.169. The Morgan fingerprint density at radius 1 is 0.970 bits per heavy atom. The largest absolute Gasteiger partial charge is 0.469 e. The number of para-hydroxylation sites is 1. The number of rotatable bonds is 1. The van der Waals surface area contributed by atoms with Crippen molar-refractivity contribution in [3.05, 3.63) is 29.8 Å². The van der Waals surface area contributed by atoms with Gasteiger partial charge in [-0.15, -0.1) is 0 Å². The van der Waals surface area contributed by atoms with Crippen LogP contribution in [-0.4, -0.2) is 56.4 Å². The molecule has 1 aromatic rings. The van der Waals surface area contributed by atoms with E-state index in [1.54, 1.807) is 0 Å². The lowest BCUT2D eigenvalue weighted by atomic mass is 9.41. The van der Waals surface area contributed by atoms with Crippen molar-refractivity contribution in [3.8, 4) is 0 Å². The second kappa shape index (κ2) is 6.97. The Kier molecular flexibility index (Phi) is 4.29. The van der Waals surface area contributed by atoms with E-state index >= 15 is 0 Å². The van der Waals surface area contributed by atoms with Crippen molar-refractivity contribution < 1.29 is 19.1 Å². The van der Waals surface area contributed by atoms with Gasteiger partial charge in [0.15, 0.2) is 0 Å². The van der Waals surface area contributed by atoms with Gasteiger partial charge in [-0.05, 0) is 92.8 Å². The first-order valence-corrected chi connectivity index (χ1v) is 12.9. The van der Waals surface area contributed by atoms with Gasteiger partial charge in [0.05, 0.1) is 31.9 Å². The van der Waals surface area contributed by atoms with Crippen molar-refractivity contribution in [2.45, 2.75) is 56.0 Å². The molecule has 0 radical (unpaired) electrons. The summed E-state index contributed by atoms with van der Waals surface area (Å²) >= 11 is 0. The van der Waals surface area contributed by atoms with Crippen molar-refractivity contribution in [1.29, 1.82) is 0 Å². The zero-order valence-corrected chi connectivity index (χ0v) is 19.6. The van der Waals surface area contributed by atoms with Crippen LogP contribution >= 0.6 is 0 Å². The number of hydrogen-bond acceptors (Lipinski definition) is 5. The predicted molar refractivity (Wildman–Crippen MR) is 123 cm³/mol. The first kappa shape index (κ1) is 20.3. The number of fused-ring (bicyclic) bond motifs is 3. The standard InChI is InChI=1S/C27H34N2O4/c1-32-25(30)18-14-15-9-10-16(18)22-21(15)17-6-5-12-28-13-11-27(23(17)28)19-7-3-4-8-20(19)29(24(22)27)26(31)33-2/h3-4,7-8,15-18,21-24H,5-6,9-14H2,1-2H3/t15-,16+,17-,18-,21+,22+,23+,24+,27-/m1/s1. The molecule has 3 aliphatic heterocycles. The van der Waals surface area contributed by atoms with Crippen LogP contribution in [-0.2, 0) is 19.7 Å². The van der Waals surface area contributed by atoms with Gasteiger partial charge < -0.3 is 9.47 Å². The van der Waals surface area contributed by atoms with E-state index in [1.165, 1.54) is 45.6 Å². The maximum absolute atomic E-state index is 13.4. The number of ether oxygens (including phenoxy) is 2. The van der Waals surface area contributed by atoms with Gasteiger partial charge >= 0.3 is 12.1 Å². The number of amides is 1. The van der Waals surface area contributed by atoms with Crippen LogP contribution in [0.1, 0.15) is 44.1 Å². The molecule has 176 valence electrons. The van der Waals surface area contributed by atoms with Crippen molar-refractivity contribution in [2.24, 2.45) is 35.5 Å². The molecule has 1 spiro atoms. The van der Waals surface area contributed by atoms with Crippen LogP contribution in [0.15, 0.2) is 24.3 Å². The Labute approximate surface area is 195 Å². The van der Waals surface area contributed by atoms with Crippen LogP contribution in [0.25, 0.3) is 0 Å². The normalized spacial score (nSPS) is 44.5. The molecule has 0 N–H and O–H groups in total. The summed E-state index contributed by atoms with van der Waals surface area (Å²) in [4.78, 5) is 31.1. The van der Waals surface area contributed by atoms with Gasteiger partial charge in [0.1, 0.15) is 0 Å². The molecule has 2 bridgehead atoms. The second-order valence-electron chi connectivity index (χ2n) is 11.4. The summed E-state index contributed by atoms with van der Waals surface area (Å²) in [5, 5.41) is 0. The van der Waals surface area contributed by atoms with Crippen molar-refractivity contribution in [1.82, 2.24) is 4.90 Å². The summed E-state index contributed by atoms with van der Waals surface area (Å²) in [6.45, 7) is 2.28. The van der Waals surface area contributed by atoms with Crippen LogP contribution in [0.5, 0.6) is 0 Å². The number of hydrogen-bond donors (Lipinski definition) is 0. The smallest absolute Gasteiger partial charge is 0.414 e. The molecule has 6 heteroatoms. The third kappa shape index (κ3) is 2.34. The molecular weight excluding hydrogens is 416 g/mol. The fourth-order valence-corrected chi connectivity index (χ4v) is 10.1. The van der Waals surface area contributed by atoms with Crippen LogP contribution < -0.4 is 4.90 Å². The maximum Gasteiger partial charge on any atom is 0.414 e. The van der Waals surface area contributed by atoms with Crippen LogP contribution in [0.3, 0.4) is 0 Å². The average molecular weight is 451 g/mol.